The Morgan fingerprint density at radius 3 is 2.52 bits per heavy atom. The monoisotopic (exact) mass is 314 g/mol. The van der Waals surface area contributed by atoms with E-state index >= 15 is 0 Å². The van der Waals surface area contributed by atoms with Gasteiger partial charge in [0.05, 0.1) is 4.92 Å². The van der Waals surface area contributed by atoms with E-state index in [2.05, 4.69) is 19.2 Å². The summed E-state index contributed by atoms with van der Waals surface area (Å²) >= 11 is 0. The first-order valence-electron chi connectivity index (χ1n) is 7.23. The van der Waals surface area contributed by atoms with E-state index < -0.39 is 4.92 Å². The summed E-state index contributed by atoms with van der Waals surface area (Å²) in [6.07, 6.45) is 0. The first-order valence-corrected chi connectivity index (χ1v) is 7.23. The van der Waals surface area contributed by atoms with Crippen molar-refractivity contribution in [2.24, 2.45) is 0 Å². The van der Waals surface area contributed by atoms with Gasteiger partial charge in [-0.2, -0.15) is 0 Å². The highest BCUT2D eigenvalue weighted by Gasteiger charge is 2.08. The topological polar surface area (TPSA) is 81.5 Å². The Kier molecular flexibility index (Phi) is 5.30. The number of non-ortho nitro benzene ring substituents is 1. The van der Waals surface area contributed by atoms with Gasteiger partial charge in [-0.1, -0.05) is 26.0 Å². The average Bonchev–Trinajstić information content (AvgIpc) is 2.53. The van der Waals surface area contributed by atoms with Gasteiger partial charge in [-0.05, 0) is 35.7 Å². The predicted octanol–water partition coefficient (Wildman–Crippen LogP) is 3.74. The first kappa shape index (κ1) is 16.5. The number of nitrogens with zero attached hydrogens (tertiary/aromatic N) is 1. The lowest BCUT2D eigenvalue weighted by molar-refractivity contribution is -0.384. The van der Waals surface area contributed by atoms with E-state index in [1.165, 1.54) is 24.3 Å². The second kappa shape index (κ2) is 7.40. The van der Waals surface area contributed by atoms with Crippen LogP contribution in [0.25, 0.3) is 0 Å². The lowest BCUT2D eigenvalue weighted by Gasteiger charge is -2.10. The fraction of sp³-hybridized carbons (Fsp3) is 0.235. The minimum atomic E-state index is -0.488. The molecular formula is C17H18N2O4. The summed E-state index contributed by atoms with van der Waals surface area (Å²) in [7, 11) is 0. The van der Waals surface area contributed by atoms with Gasteiger partial charge < -0.3 is 10.1 Å². The largest absolute Gasteiger partial charge is 0.484 e. The summed E-state index contributed by atoms with van der Waals surface area (Å²) in [6.45, 7) is 4.00. The van der Waals surface area contributed by atoms with Gasteiger partial charge in [0.2, 0.25) is 0 Å². The Morgan fingerprint density at radius 1 is 1.22 bits per heavy atom. The highest BCUT2D eigenvalue weighted by atomic mass is 16.6. The molecule has 0 bridgehead atoms. The van der Waals surface area contributed by atoms with Crippen molar-refractivity contribution >= 4 is 17.3 Å². The number of amides is 1. The number of benzene rings is 2. The number of ether oxygens (including phenoxy) is 1. The molecule has 0 aromatic heterocycles. The smallest absolute Gasteiger partial charge is 0.269 e. The fourth-order valence-electron chi connectivity index (χ4n) is 1.99. The van der Waals surface area contributed by atoms with Crippen LogP contribution in [0.2, 0.25) is 0 Å². The molecule has 6 nitrogen and oxygen atoms in total. The third kappa shape index (κ3) is 4.81. The molecule has 2 rings (SSSR count). The molecule has 1 N–H and O–H groups in total. The molecule has 0 heterocycles. The summed E-state index contributed by atoms with van der Waals surface area (Å²) in [5.41, 5.74) is 1.83. The van der Waals surface area contributed by atoms with Gasteiger partial charge in [0, 0.05) is 17.8 Å². The summed E-state index contributed by atoms with van der Waals surface area (Å²) in [5.74, 6) is 0.495. The van der Waals surface area contributed by atoms with Crippen LogP contribution in [-0.2, 0) is 4.79 Å². The van der Waals surface area contributed by atoms with Crippen molar-refractivity contribution in [1.29, 1.82) is 0 Å². The molecule has 2 aromatic carbocycles. The van der Waals surface area contributed by atoms with Crippen LogP contribution >= 0.6 is 0 Å². The molecule has 0 saturated heterocycles. The maximum atomic E-state index is 11.9. The van der Waals surface area contributed by atoms with Crippen LogP contribution in [0.1, 0.15) is 25.3 Å². The standard InChI is InChI=1S/C17H18N2O4/c1-12(2)13-4-3-5-14(10-13)18-17(20)11-23-16-8-6-15(7-9-16)19(21)22/h3-10,12H,11H2,1-2H3,(H,18,20). The van der Waals surface area contributed by atoms with E-state index in [-0.39, 0.29) is 18.2 Å². The molecule has 0 unspecified atom stereocenters. The third-order valence-electron chi connectivity index (χ3n) is 3.25. The molecule has 0 saturated carbocycles. The van der Waals surface area contributed by atoms with Gasteiger partial charge in [-0.15, -0.1) is 0 Å². The minimum absolute atomic E-state index is 0.0210. The molecular weight excluding hydrogens is 296 g/mol. The Bertz CT molecular complexity index is 696. The Balaban J connectivity index is 1.90. The van der Waals surface area contributed by atoms with Crippen LogP contribution in [0.3, 0.4) is 0 Å². The fourth-order valence-corrected chi connectivity index (χ4v) is 1.99. The average molecular weight is 314 g/mol. The summed E-state index contributed by atoms with van der Waals surface area (Å²) < 4.78 is 5.32. The van der Waals surface area contributed by atoms with Crippen LogP contribution in [-0.4, -0.2) is 17.4 Å². The quantitative estimate of drug-likeness (QED) is 0.650. The molecule has 0 atom stereocenters. The molecule has 6 heteroatoms. The molecule has 0 aliphatic heterocycles. The number of hydrogen-bond acceptors (Lipinski definition) is 4. The number of nitro groups is 1. The first-order chi connectivity index (χ1) is 11.0. The number of hydrogen-bond donors (Lipinski definition) is 1. The van der Waals surface area contributed by atoms with E-state index in [1.54, 1.807) is 0 Å². The number of nitro benzene ring substituents is 1. The highest BCUT2D eigenvalue weighted by Crippen LogP contribution is 2.19. The van der Waals surface area contributed by atoms with Gasteiger partial charge >= 0.3 is 0 Å². The van der Waals surface area contributed by atoms with Crippen LogP contribution in [0.15, 0.2) is 48.5 Å². The van der Waals surface area contributed by atoms with Crippen molar-refractivity contribution in [3.8, 4) is 5.75 Å². The molecule has 23 heavy (non-hydrogen) atoms. The Hall–Kier alpha value is -2.89. The molecule has 0 radical (unpaired) electrons. The summed E-state index contributed by atoms with van der Waals surface area (Å²) in [5, 5.41) is 13.3. The number of carbonyl (C=O) groups is 1. The van der Waals surface area contributed by atoms with Crippen molar-refractivity contribution in [3.63, 3.8) is 0 Å². The van der Waals surface area contributed by atoms with Crippen molar-refractivity contribution in [2.75, 3.05) is 11.9 Å². The molecule has 0 aliphatic rings. The van der Waals surface area contributed by atoms with Gasteiger partial charge in [0.25, 0.3) is 11.6 Å². The van der Waals surface area contributed by atoms with E-state index in [9.17, 15) is 14.9 Å². The van der Waals surface area contributed by atoms with Gasteiger partial charge in [-0.3, -0.25) is 14.9 Å². The van der Waals surface area contributed by atoms with Gasteiger partial charge in [-0.25, -0.2) is 0 Å². The molecule has 0 aliphatic carbocycles. The van der Waals surface area contributed by atoms with Crippen LogP contribution < -0.4 is 10.1 Å². The zero-order valence-corrected chi connectivity index (χ0v) is 13.0. The summed E-state index contributed by atoms with van der Waals surface area (Å²) in [6, 6.07) is 13.2. The van der Waals surface area contributed by atoms with Crippen LogP contribution in [0, 0.1) is 10.1 Å². The van der Waals surface area contributed by atoms with Crippen molar-refractivity contribution in [2.45, 2.75) is 19.8 Å². The van der Waals surface area contributed by atoms with E-state index in [0.29, 0.717) is 17.4 Å². The third-order valence-corrected chi connectivity index (χ3v) is 3.25. The molecule has 2 aromatic rings. The molecule has 1 amide bonds. The minimum Gasteiger partial charge on any atom is -0.484 e. The van der Waals surface area contributed by atoms with Crippen molar-refractivity contribution < 1.29 is 14.5 Å². The zero-order chi connectivity index (χ0) is 16.8. The lowest BCUT2D eigenvalue weighted by Crippen LogP contribution is -2.20. The van der Waals surface area contributed by atoms with Crippen molar-refractivity contribution in [3.05, 3.63) is 64.2 Å². The predicted molar refractivity (Wildman–Crippen MR) is 87.8 cm³/mol. The van der Waals surface area contributed by atoms with Gasteiger partial charge in [0.1, 0.15) is 5.75 Å². The summed E-state index contributed by atoms with van der Waals surface area (Å²) in [4.78, 5) is 22.0. The number of carbonyl (C=O) groups excluding carboxylic acids is 1. The zero-order valence-electron chi connectivity index (χ0n) is 13.0. The highest BCUT2D eigenvalue weighted by molar-refractivity contribution is 5.91. The molecule has 0 fully saturated rings. The van der Waals surface area contributed by atoms with E-state index in [0.717, 1.165) is 5.56 Å². The number of anilines is 1. The Labute approximate surface area is 134 Å². The number of rotatable bonds is 6. The van der Waals surface area contributed by atoms with Gasteiger partial charge in [0.15, 0.2) is 6.61 Å². The second-order valence-corrected chi connectivity index (χ2v) is 5.37. The van der Waals surface area contributed by atoms with E-state index in [1.807, 2.05) is 24.3 Å². The Morgan fingerprint density at radius 2 is 1.91 bits per heavy atom. The molecule has 0 spiro atoms. The van der Waals surface area contributed by atoms with E-state index in [4.69, 9.17) is 4.74 Å². The van der Waals surface area contributed by atoms with Crippen LogP contribution in [0.5, 0.6) is 5.75 Å². The molecule has 120 valence electrons. The number of nitrogens with one attached hydrogen (secondary N) is 1. The second-order valence-electron chi connectivity index (χ2n) is 5.37. The SMILES string of the molecule is CC(C)c1cccc(NC(=O)COc2ccc([N+](=O)[O-])cc2)c1. The van der Waals surface area contributed by atoms with Crippen molar-refractivity contribution in [1.82, 2.24) is 0 Å². The normalized spacial score (nSPS) is 10.4. The maximum absolute atomic E-state index is 11.9. The van der Waals surface area contributed by atoms with Crippen LogP contribution in [0.4, 0.5) is 11.4 Å². The lowest BCUT2D eigenvalue weighted by atomic mass is 10.0. The maximum Gasteiger partial charge on any atom is 0.269 e.